The van der Waals surface area contributed by atoms with E-state index in [9.17, 15) is 0 Å². The van der Waals surface area contributed by atoms with Crippen LogP contribution in [-0.4, -0.2) is 6.54 Å². The fourth-order valence-electron chi connectivity index (χ4n) is 1.14. The summed E-state index contributed by atoms with van der Waals surface area (Å²) in [5, 5.41) is 0.853. The van der Waals surface area contributed by atoms with Gasteiger partial charge in [0.15, 0.2) is 0 Å². The first-order chi connectivity index (χ1) is 6.33. The summed E-state index contributed by atoms with van der Waals surface area (Å²) in [7, 11) is 0. The van der Waals surface area contributed by atoms with Crippen molar-refractivity contribution in [1.29, 1.82) is 0 Å². The van der Waals surface area contributed by atoms with Gasteiger partial charge in [0.2, 0.25) is 0 Å². The van der Waals surface area contributed by atoms with Crippen molar-refractivity contribution in [1.82, 2.24) is 0 Å². The van der Waals surface area contributed by atoms with Crippen LogP contribution >= 0.6 is 24.0 Å². The monoisotopic (exact) mass is 231 g/mol. The lowest BCUT2D eigenvalue weighted by Crippen LogP contribution is -1.94. The molecule has 0 aliphatic carbocycles. The van der Waals surface area contributed by atoms with Gasteiger partial charge in [-0.05, 0) is 18.4 Å². The molecule has 1 aromatic carbocycles. The lowest BCUT2D eigenvalue weighted by Gasteiger charge is -1.99. The summed E-state index contributed by atoms with van der Waals surface area (Å²) >= 11 is 5.91. The van der Waals surface area contributed by atoms with E-state index >= 15 is 0 Å². The third-order valence-corrected chi connectivity index (χ3v) is 2.18. The quantitative estimate of drug-likeness (QED) is 0.847. The van der Waals surface area contributed by atoms with Crippen molar-refractivity contribution in [3.63, 3.8) is 0 Å². The van der Waals surface area contributed by atoms with E-state index in [1.54, 1.807) is 0 Å². The molecule has 0 heterocycles. The van der Waals surface area contributed by atoms with Crippen LogP contribution in [0.25, 0.3) is 0 Å². The minimum absolute atomic E-state index is 0. The van der Waals surface area contributed by atoms with E-state index in [0.29, 0.717) is 6.54 Å². The number of hydrogen-bond acceptors (Lipinski definition) is 1. The molecule has 0 saturated heterocycles. The van der Waals surface area contributed by atoms with Gasteiger partial charge >= 0.3 is 0 Å². The molecule has 0 fully saturated rings. The van der Waals surface area contributed by atoms with Crippen LogP contribution in [0.3, 0.4) is 0 Å². The molecule has 0 amide bonds. The van der Waals surface area contributed by atoms with Crippen molar-refractivity contribution in [2.24, 2.45) is 5.73 Å². The molecule has 0 atom stereocenters. The maximum absolute atomic E-state index is 5.91. The average Bonchev–Trinajstić information content (AvgIpc) is 2.17. The Hall–Kier alpha value is -0.500. The van der Waals surface area contributed by atoms with Crippen molar-refractivity contribution >= 4 is 24.0 Å². The lowest BCUT2D eigenvalue weighted by atomic mass is 10.1. The number of nitrogens with two attached hydrogens (primary N) is 1. The molecular formula is C11H15Cl2N. The predicted molar refractivity (Wildman–Crippen MR) is 65.0 cm³/mol. The summed E-state index contributed by atoms with van der Waals surface area (Å²) in [6, 6.07) is 10.3. The van der Waals surface area contributed by atoms with Gasteiger partial charge in [-0.2, -0.15) is 0 Å². The van der Waals surface area contributed by atoms with Crippen LogP contribution < -0.4 is 5.73 Å². The highest BCUT2D eigenvalue weighted by atomic mass is 35.5. The number of halogens is 2. The van der Waals surface area contributed by atoms with Crippen LogP contribution in [0.5, 0.6) is 0 Å². The molecule has 0 bridgehead atoms. The first-order valence-electron chi connectivity index (χ1n) is 4.41. The van der Waals surface area contributed by atoms with Crippen molar-refractivity contribution < 1.29 is 0 Å². The van der Waals surface area contributed by atoms with Crippen molar-refractivity contribution in [3.05, 3.63) is 47.0 Å². The molecule has 2 N–H and O–H groups in total. The van der Waals surface area contributed by atoms with Crippen LogP contribution in [0.1, 0.15) is 12.0 Å². The standard InChI is InChI=1S/C11H14ClN.ClH/c12-11(8-9-13)7-6-10-4-2-1-3-5-10;/h1-5,8H,6-7,9,13H2;1H/b11-8+;. The van der Waals surface area contributed by atoms with E-state index in [1.165, 1.54) is 5.56 Å². The minimum Gasteiger partial charge on any atom is -0.327 e. The molecule has 0 aliphatic heterocycles. The number of hydrogen-bond donors (Lipinski definition) is 1. The van der Waals surface area contributed by atoms with Crippen molar-refractivity contribution in [3.8, 4) is 0 Å². The summed E-state index contributed by atoms with van der Waals surface area (Å²) < 4.78 is 0. The molecule has 0 radical (unpaired) electrons. The molecule has 1 nitrogen and oxygen atoms in total. The second kappa shape index (κ2) is 7.86. The molecule has 3 heteroatoms. The van der Waals surface area contributed by atoms with Gasteiger partial charge in [-0.15, -0.1) is 12.4 Å². The van der Waals surface area contributed by atoms with Gasteiger partial charge in [0.05, 0.1) is 0 Å². The smallest absolute Gasteiger partial charge is 0.0157 e. The van der Waals surface area contributed by atoms with Gasteiger partial charge in [0.1, 0.15) is 0 Å². The van der Waals surface area contributed by atoms with E-state index in [0.717, 1.165) is 17.9 Å². The summed E-state index contributed by atoms with van der Waals surface area (Å²) in [6.45, 7) is 0.521. The molecule has 0 spiro atoms. The third-order valence-electron chi connectivity index (χ3n) is 1.83. The summed E-state index contributed by atoms with van der Waals surface area (Å²) in [6.07, 6.45) is 3.71. The first kappa shape index (κ1) is 13.5. The van der Waals surface area contributed by atoms with E-state index < -0.39 is 0 Å². The Kier molecular flexibility index (Phi) is 7.58. The normalized spacial score (nSPS) is 10.9. The van der Waals surface area contributed by atoms with E-state index in [4.69, 9.17) is 17.3 Å². The minimum atomic E-state index is 0. The van der Waals surface area contributed by atoms with Gasteiger partial charge in [-0.25, -0.2) is 0 Å². The van der Waals surface area contributed by atoms with Crippen LogP contribution in [0.4, 0.5) is 0 Å². The predicted octanol–water partition coefficient (Wildman–Crippen LogP) is 3.12. The Labute approximate surface area is 96.4 Å². The Balaban J connectivity index is 0.00000169. The molecule has 0 saturated carbocycles. The molecule has 0 aromatic heterocycles. The second-order valence-corrected chi connectivity index (χ2v) is 3.36. The molecule has 14 heavy (non-hydrogen) atoms. The fraction of sp³-hybridized carbons (Fsp3) is 0.273. The Morgan fingerprint density at radius 2 is 1.93 bits per heavy atom. The van der Waals surface area contributed by atoms with E-state index in [-0.39, 0.29) is 12.4 Å². The number of rotatable bonds is 4. The zero-order chi connectivity index (χ0) is 9.52. The second-order valence-electron chi connectivity index (χ2n) is 2.87. The number of allylic oxidation sites excluding steroid dienone is 1. The van der Waals surface area contributed by atoms with Crippen LogP contribution in [0.15, 0.2) is 41.4 Å². The Morgan fingerprint density at radius 1 is 1.29 bits per heavy atom. The van der Waals surface area contributed by atoms with E-state index in [2.05, 4.69) is 12.1 Å². The first-order valence-corrected chi connectivity index (χ1v) is 4.79. The Bertz CT molecular complexity index is 270. The Morgan fingerprint density at radius 3 is 2.50 bits per heavy atom. The largest absolute Gasteiger partial charge is 0.327 e. The van der Waals surface area contributed by atoms with Gasteiger partial charge in [-0.3, -0.25) is 0 Å². The van der Waals surface area contributed by atoms with E-state index in [1.807, 2.05) is 24.3 Å². The van der Waals surface area contributed by atoms with Crippen molar-refractivity contribution in [2.75, 3.05) is 6.54 Å². The van der Waals surface area contributed by atoms with Gasteiger partial charge in [-0.1, -0.05) is 48.0 Å². The molecule has 0 aliphatic rings. The van der Waals surface area contributed by atoms with Crippen molar-refractivity contribution in [2.45, 2.75) is 12.8 Å². The van der Waals surface area contributed by atoms with Gasteiger partial charge < -0.3 is 5.73 Å². The fourth-order valence-corrected chi connectivity index (χ4v) is 1.32. The van der Waals surface area contributed by atoms with Crippen LogP contribution in [-0.2, 0) is 6.42 Å². The number of benzene rings is 1. The summed E-state index contributed by atoms with van der Waals surface area (Å²) in [4.78, 5) is 0. The zero-order valence-electron chi connectivity index (χ0n) is 7.95. The topological polar surface area (TPSA) is 26.0 Å². The van der Waals surface area contributed by atoms with Gasteiger partial charge in [0.25, 0.3) is 0 Å². The summed E-state index contributed by atoms with van der Waals surface area (Å²) in [5.74, 6) is 0. The highest BCUT2D eigenvalue weighted by molar-refractivity contribution is 6.29. The molecule has 0 unspecified atom stereocenters. The molecule has 1 rings (SSSR count). The highest BCUT2D eigenvalue weighted by Gasteiger charge is 1.94. The SMILES string of the molecule is Cl.NC/C=C(/Cl)CCc1ccccc1. The lowest BCUT2D eigenvalue weighted by molar-refractivity contribution is 0.979. The van der Waals surface area contributed by atoms with Gasteiger partial charge in [0, 0.05) is 11.6 Å². The molecule has 1 aromatic rings. The maximum Gasteiger partial charge on any atom is 0.0157 e. The molecule has 78 valence electrons. The highest BCUT2D eigenvalue weighted by Crippen LogP contribution is 2.11. The maximum atomic E-state index is 5.91. The summed E-state index contributed by atoms with van der Waals surface area (Å²) in [5.41, 5.74) is 6.65. The molecular weight excluding hydrogens is 217 g/mol. The third kappa shape index (κ3) is 5.28. The van der Waals surface area contributed by atoms with Crippen LogP contribution in [0, 0.1) is 0 Å². The zero-order valence-corrected chi connectivity index (χ0v) is 9.52. The average molecular weight is 232 g/mol. The number of aryl methyl sites for hydroxylation is 1. The van der Waals surface area contributed by atoms with Crippen LogP contribution in [0.2, 0.25) is 0 Å².